The fourth-order valence-corrected chi connectivity index (χ4v) is 3.27. The van der Waals surface area contributed by atoms with E-state index < -0.39 is 4.92 Å². The van der Waals surface area contributed by atoms with Gasteiger partial charge in [0.2, 0.25) is 5.91 Å². The molecule has 0 atom stereocenters. The van der Waals surface area contributed by atoms with E-state index in [1.807, 2.05) is 42.8 Å². The summed E-state index contributed by atoms with van der Waals surface area (Å²) < 4.78 is 4.33. The van der Waals surface area contributed by atoms with Crippen molar-refractivity contribution in [3.05, 3.63) is 67.7 Å². The van der Waals surface area contributed by atoms with Gasteiger partial charge in [-0.05, 0) is 54.4 Å². The molecule has 0 aliphatic heterocycles. The first-order valence-electron chi connectivity index (χ1n) is 9.01. The number of hydrogen-bond donors (Lipinski definition) is 1. The predicted molar refractivity (Wildman–Crippen MR) is 112 cm³/mol. The maximum absolute atomic E-state index is 12.3. The van der Waals surface area contributed by atoms with Crippen LogP contribution >= 0.6 is 15.9 Å². The molecule has 2 aromatic heterocycles. The summed E-state index contributed by atoms with van der Waals surface area (Å²) in [5.41, 5.74) is 3.96. The van der Waals surface area contributed by atoms with E-state index in [-0.39, 0.29) is 24.6 Å². The Morgan fingerprint density at radius 3 is 2.62 bits per heavy atom. The minimum atomic E-state index is -0.480. The second-order valence-corrected chi connectivity index (χ2v) is 7.55. The number of carbonyl (C=O) groups is 1. The zero-order valence-electron chi connectivity index (χ0n) is 16.3. The third-order valence-corrected chi connectivity index (χ3v) is 5.67. The molecule has 3 aromatic rings. The van der Waals surface area contributed by atoms with Crippen LogP contribution in [0.5, 0.6) is 0 Å². The van der Waals surface area contributed by atoms with E-state index in [4.69, 9.17) is 0 Å². The summed E-state index contributed by atoms with van der Waals surface area (Å²) in [4.78, 5) is 22.7. The quantitative estimate of drug-likeness (QED) is 0.426. The number of anilines is 1. The molecule has 29 heavy (non-hydrogen) atoms. The van der Waals surface area contributed by atoms with Gasteiger partial charge in [0.15, 0.2) is 0 Å². The lowest BCUT2D eigenvalue weighted by atomic mass is 10.2. The summed E-state index contributed by atoms with van der Waals surface area (Å²) in [5, 5.41) is 22.3. The Bertz CT molecular complexity index is 1070. The van der Waals surface area contributed by atoms with Crippen molar-refractivity contribution in [1.82, 2.24) is 19.6 Å². The highest BCUT2D eigenvalue weighted by Crippen LogP contribution is 2.21. The molecule has 0 fully saturated rings. The Morgan fingerprint density at radius 1 is 1.24 bits per heavy atom. The molecule has 1 aromatic carbocycles. The van der Waals surface area contributed by atoms with E-state index in [0.717, 1.165) is 21.4 Å². The van der Waals surface area contributed by atoms with Crippen LogP contribution in [-0.2, 0) is 17.9 Å². The van der Waals surface area contributed by atoms with Crippen molar-refractivity contribution in [2.75, 3.05) is 5.32 Å². The van der Waals surface area contributed by atoms with Gasteiger partial charge in [-0.15, -0.1) is 0 Å². The maximum Gasteiger partial charge on any atom is 0.309 e. The number of benzene rings is 1. The molecule has 1 amide bonds. The van der Waals surface area contributed by atoms with Gasteiger partial charge in [-0.1, -0.05) is 12.1 Å². The summed E-state index contributed by atoms with van der Waals surface area (Å²) in [7, 11) is 0. The van der Waals surface area contributed by atoms with Crippen molar-refractivity contribution in [2.45, 2.75) is 40.3 Å². The van der Waals surface area contributed by atoms with Crippen LogP contribution in [0.4, 0.5) is 11.4 Å². The first-order chi connectivity index (χ1) is 13.7. The lowest BCUT2D eigenvalue weighted by Gasteiger charge is -2.09. The van der Waals surface area contributed by atoms with Gasteiger partial charge in [-0.2, -0.15) is 10.2 Å². The summed E-state index contributed by atoms with van der Waals surface area (Å²) in [5.74, 6) is -0.188. The van der Waals surface area contributed by atoms with Crippen molar-refractivity contribution in [3.8, 4) is 0 Å². The molecule has 10 heteroatoms. The molecule has 0 saturated heterocycles. The molecule has 0 spiro atoms. The Kier molecular flexibility index (Phi) is 6.12. The van der Waals surface area contributed by atoms with Crippen molar-refractivity contribution < 1.29 is 9.72 Å². The van der Waals surface area contributed by atoms with E-state index in [1.165, 1.54) is 10.9 Å². The number of halogens is 1. The average molecular weight is 461 g/mol. The minimum absolute atomic E-state index is 0.0473. The van der Waals surface area contributed by atoms with Crippen molar-refractivity contribution in [2.24, 2.45) is 0 Å². The summed E-state index contributed by atoms with van der Waals surface area (Å²) >= 11 is 3.53. The zero-order chi connectivity index (χ0) is 21.1. The van der Waals surface area contributed by atoms with Gasteiger partial charge in [0.05, 0.1) is 27.3 Å². The second kappa shape index (κ2) is 8.56. The Hall–Kier alpha value is -3.01. The lowest BCUT2D eigenvalue weighted by molar-refractivity contribution is -0.385. The van der Waals surface area contributed by atoms with Gasteiger partial charge in [0.25, 0.3) is 0 Å². The van der Waals surface area contributed by atoms with Crippen LogP contribution in [-0.4, -0.2) is 30.4 Å². The number of nitrogens with zero attached hydrogens (tertiary/aromatic N) is 5. The molecule has 0 saturated carbocycles. The zero-order valence-corrected chi connectivity index (χ0v) is 17.9. The molecule has 0 radical (unpaired) electrons. The number of nitrogens with one attached hydrogen (secondary N) is 1. The SMILES string of the molecule is Cc1nn(CCC(=O)Nc2cccc(Cn3nc(C)c(Br)c3C)c2)cc1[N+](=O)[O-]. The maximum atomic E-state index is 12.3. The van der Waals surface area contributed by atoms with E-state index >= 15 is 0 Å². The van der Waals surface area contributed by atoms with Gasteiger partial charge in [-0.25, -0.2) is 0 Å². The number of aromatic nitrogens is 4. The van der Waals surface area contributed by atoms with Crippen molar-refractivity contribution >= 4 is 33.2 Å². The number of carbonyl (C=O) groups excluding carboxylic acids is 1. The fraction of sp³-hybridized carbons (Fsp3) is 0.316. The highest BCUT2D eigenvalue weighted by molar-refractivity contribution is 9.10. The van der Waals surface area contributed by atoms with Crippen LogP contribution in [0, 0.1) is 30.9 Å². The first kappa shape index (κ1) is 20.7. The largest absolute Gasteiger partial charge is 0.326 e. The predicted octanol–water partition coefficient (Wildman–Crippen LogP) is 3.75. The Balaban J connectivity index is 1.61. The molecule has 0 bridgehead atoms. The number of rotatable bonds is 7. The molecule has 152 valence electrons. The molecule has 1 N–H and O–H groups in total. The van der Waals surface area contributed by atoms with Gasteiger partial charge in [-0.3, -0.25) is 24.3 Å². The van der Waals surface area contributed by atoms with Crippen molar-refractivity contribution in [3.63, 3.8) is 0 Å². The molecule has 0 unspecified atom stereocenters. The van der Waals surface area contributed by atoms with Crippen LogP contribution < -0.4 is 5.32 Å². The number of nitro groups is 1. The third-order valence-electron chi connectivity index (χ3n) is 4.52. The molecule has 3 rings (SSSR count). The normalized spacial score (nSPS) is 10.9. The number of aryl methyl sites for hydroxylation is 3. The first-order valence-corrected chi connectivity index (χ1v) is 9.80. The third kappa shape index (κ3) is 4.89. The van der Waals surface area contributed by atoms with E-state index in [0.29, 0.717) is 17.9 Å². The monoisotopic (exact) mass is 460 g/mol. The molecule has 2 heterocycles. The van der Waals surface area contributed by atoms with Gasteiger partial charge in [0.1, 0.15) is 11.9 Å². The number of amides is 1. The molecule has 0 aliphatic carbocycles. The highest BCUT2D eigenvalue weighted by atomic mass is 79.9. The fourth-order valence-electron chi connectivity index (χ4n) is 2.99. The summed E-state index contributed by atoms with van der Waals surface area (Å²) in [6.45, 7) is 6.37. The lowest BCUT2D eigenvalue weighted by Crippen LogP contribution is -2.15. The average Bonchev–Trinajstić information content (AvgIpc) is 3.15. The second-order valence-electron chi connectivity index (χ2n) is 6.76. The Morgan fingerprint density at radius 2 is 2.00 bits per heavy atom. The Labute approximate surface area is 176 Å². The van der Waals surface area contributed by atoms with Crippen molar-refractivity contribution in [1.29, 1.82) is 0 Å². The highest BCUT2D eigenvalue weighted by Gasteiger charge is 2.16. The van der Waals surface area contributed by atoms with E-state index in [9.17, 15) is 14.9 Å². The smallest absolute Gasteiger partial charge is 0.309 e. The van der Waals surface area contributed by atoms with Gasteiger partial charge < -0.3 is 5.32 Å². The van der Waals surface area contributed by atoms with Gasteiger partial charge >= 0.3 is 5.69 Å². The van der Waals surface area contributed by atoms with Crippen LogP contribution in [0.25, 0.3) is 0 Å². The summed E-state index contributed by atoms with van der Waals surface area (Å²) in [6.07, 6.45) is 1.50. The number of hydrogen-bond acceptors (Lipinski definition) is 5. The van der Waals surface area contributed by atoms with E-state index in [1.54, 1.807) is 6.92 Å². The minimum Gasteiger partial charge on any atom is -0.326 e. The standard InChI is InChI=1S/C19H21BrN6O3/c1-12-17(26(28)29)11-24(22-12)8-7-18(27)21-16-6-4-5-15(9-16)10-25-14(3)19(20)13(2)23-25/h4-6,9,11H,7-8,10H2,1-3H3,(H,21,27). The van der Waals surface area contributed by atoms with Gasteiger partial charge in [0, 0.05) is 18.7 Å². The topological polar surface area (TPSA) is 108 Å². The molecule has 9 nitrogen and oxygen atoms in total. The van der Waals surface area contributed by atoms with Crippen LogP contribution in [0.3, 0.4) is 0 Å². The summed E-state index contributed by atoms with van der Waals surface area (Å²) in [6, 6.07) is 7.59. The molecular formula is C19H21BrN6O3. The van der Waals surface area contributed by atoms with Crippen LogP contribution in [0.2, 0.25) is 0 Å². The van der Waals surface area contributed by atoms with Crippen LogP contribution in [0.1, 0.15) is 29.1 Å². The van der Waals surface area contributed by atoms with E-state index in [2.05, 4.69) is 31.4 Å². The molecule has 0 aliphatic rings. The van der Waals surface area contributed by atoms with Crippen LogP contribution in [0.15, 0.2) is 34.9 Å². The molecular weight excluding hydrogens is 440 g/mol.